The van der Waals surface area contributed by atoms with Crippen LogP contribution in [0.2, 0.25) is 0 Å². The molecule has 1 aromatic heterocycles. The zero-order chi connectivity index (χ0) is 21.7. The molecule has 2 aromatic rings. The molecule has 1 aliphatic rings. The fraction of sp³-hybridized carbons (Fsp3) is 0.304. The van der Waals surface area contributed by atoms with E-state index in [9.17, 15) is 4.79 Å². The van der Waals surface area contributed by atoms with Crippen molar-refractivity contribution in [2.24, 2.45) is 0 Å². The minimum absolute atomic E-state index is 0.196. The van der Waals surface area contributed by atoms with Crippen LogP contribution >= 0.6 is 0 Å². The van der Waals surface area contributed by atoms with E-state index in [0.717, 1.165) is 23.4 Å². The van der Waals surface area contributed by atoms with E-state index >= 15 is 0 Å². The molecule has 1 heterocycles. The van der Waals surface area contributed by atoms with Crippen molar-refractivity contribution in [2.75, 3.05) is 28.4 Å². The Bertz CT molecular complexity index is 993. The molecule has 30 heavy (non-hydrogen) atoms. The first-order valence-corrected chi connectivity index (χ1v) is 9.45. The Morgan fingerprint density at radius 2 is 1.80 bits per heavy atom. The van der Waals surface area contributed by atoms with Crippen molar-refractivity contribution in [3.05, 3.63) is 59.5 Å². The van der Waals surface area contributed by atoms with Crippen molar-refractivity contribution < 1.29 is 23.7 Å². The molecule has 0 spiro atoms. The van der Waals surface area contributed by atoms with Crippen molar-refractivity contribution in [3.8, 4) is 17.2 Å². The highest BCUT2D eigenvalue weighted by atomic mass is 16.5. The number of aromatic amines is 1. The lowest BCUT2D eigenvalue weighted by atomic mass is 9.92. The predicted molar refractivity (Wildman–Crippen MR) is 115 cm³/mol. The molecule has 1 aliphatic carbocycles. The summed E-state index contributed by atoms with van der Waals surface area (Å²) in [7, 11) is 6.24. The number of rotatable bonds is 8. The van der Waals surface area contributed by atoms with Gasteiger partial charge in [0, 0.05) is 12.7 Å². The summed E-state index contributed by atoms with van der Waals surface area (Å²) in [5.74, 6) is 1.10. The van der Waals surface area contributed by atoms with E-state index in [1.165, 1.54) is 27.4 Å². The third-order valence-electron chi connectivity index (χ3n) is 5.07. The molecule has 0 saturated heterocycles. The van der Waals surface area contributed by atoms with Gasteiger partial charge in [0.1, 0.15) is 0 Å². The summed E-state index contributed by atoms with van der Waals surface area (Å²) < 4.78 is 21.4. The average molecular weight is 410 g/mol. The number of allylic oxidation sites excluding steroid dienone is 3. The molecule has 0 fully saturated rings. The van der Waals surface area contributed by atoms with Gasteiger partial charge in [-0.15, -0.1) is 0 Å². The van der Waals surface area contributed by atoms with Crippen LogP contribution in [-0.4, -0.2) is 50.0 Å². The van der Waals surface area contributed by atoms with Gasteiger partial charge in [0.15, 0.2) is 17.3 Å². The lowest BCUT2D eigenvalue weighted by Gasteiger charge is -2.25. The minimum Gasteiger partial charge on any atom is -0.493 e. The number of H-pyrrole nitrogens is 1. The van der Waals surface area contributed by atoms with Gasteiger partial charge >= 0.3 is 0 Å². The second kappa shape index (κ2) is 9.00. The zero-order valence-electron chi connectivity index (χ0n) is 17.8. The van der Waals surface area contributed by atoms with Gasteiger partial charge in [-0.2, -0.15) is 5.10 Å². The average Bonchev–Trinajstić information content (AvgIpc) is 3.25. The smallest absolute Gasteiger partial charge is 0.203 e. The number of aromatic nitrogens is 2. The van der Waals surface area contributed by atoms with Crippen LogP contribution in [0.5, 0.6) is 17.2 Å². The van der Waals surface area contributed by atoms with Crippen molar-refractivity contribution in [1.29, 1.82) is 0 Å². The second-order valence-electron chi connectivity index (χ2n) is 7.03. The fourth-order valence-electron chi connectivity index (χ4n) is 3.11. The number of ketones is 1. The maximum atomic E-state index is 12.7. The van der Waals surface area contributed by atoms with Gasteiger partial charge in [-0.3, -0.25) is 9.89 Å². The zero-order valence-corrected chi connectivity index (χ0v) is 17.8. The summed E-state index contributed by atoms with van der Waals surface area (Å²) >= 11 is 0. The van der Waals surface area contributed by atoms with Crippen LogP contribution in [0.3, 0.4) is 0 Å². The van der Waals surface area contributed by atoms with Crippen LogP contribution in [0, 0.1) is 0 Å². The quantitative estimate of drug-likeness (QED) is 0.522. The van der Waals surface area contributed by atoms with Crippen LogP contribution in [0.4, 0.5) is 0 Å². The minimum atomic E-state index is -0.282. The third-order valence-corrected chi connectivity index (χ3v) is 5.07. The molecule has 1 N–H and O–H groups in total. The van der Waals surface area contributed by atoms with Crippen LogP contribution in [-0.2, 0) is 4.74 Å². The van der Waals surface area contributed by atoms with Crippen molar-refractivity contribution in [1.82, 2.24) is 10.2 Å². The molecule has 1 unspecified atom stereocenters. The number of carbonyl (C=O) groups is 1. The number of ether oxygens (including phenoxy) is 4. The van der Waals surface area contributed by atoms with Gasteiger partial charge in [0.25, 0.3) is 0 Å². The number of hydrogen-bond donors (Lipinski definition) is 1. The molecular formula is C23H26N2O5. The molecule has 1 atom stereocenters. The first-order valence-electron chi connectivity index (χ1n) is 9.45. The van der Waals surface area contributed by atoms with E-state index in [1.807, 2.05) is 25.1 Å². The highest BCUT2D eigenvalue weighted by molar-refractivity contribution is 6.07. The summed E-state index contributed by atoms with van der Waals surface area (Å²) in [4.78, 5) is 12.7. The number of hydrogen-bond acceptors (Lipinski definition) is 6. The Morgan fingerprint density at radius 3 is 2.33 bits per heavy atom. The topological polar surface area (TPSA) is 82.7 Å². The first-order chi connectivity index (χ1) is 14.4. The van der Waals surface area contributed by atoms with Gasteiger partial charge < -0.3 is 18.9 Å². The van der Waals surface area contributed by atoms with E-state index < -0.39 is 0 Å². The molecule has 0 saturated carbocycles. The summed E-state index contributed by atoms with van der Waals surface area (Å²) in [6.45, 7) is 2.03. The summed E-state index contributed by atoms with van der Waals surface area (Å²) in [5.41, 5.74) is 2.69. The number of methoxy groups -OCH3 is 4. The van der Waals surface area contributed by atoms with Gasteiger partial charge in [-0.1, -0.05) is 18.2 Å². The maximum absolute atomic E-state index is 12.7. The summed E-state index contributed by atoms with van der Waals surface area (Å²) in [6, 6.07) is 5.14. The monoisotopic (exact) mass is 410 g/mol. The maximum Gasteiger partial charge on any atom is 0.203 e. The van der Waals surface area contributed by atoms with Crippen molar-refractivity contribution in [2.45, 2.75) is 18.9 Å². The van der Waals surface area contributed by atoms with E-state index in [4.69, 9.17) is 18.9 Å². The summed E-state index contributed by atoms with van der Waals surface area (Å²) in [6.07, 6.45) is 10.1. The lowest BCUT2D eigenvalue weighted by Crippen LogP contribution is -2.24. The Hall–Kier alpha value is -3.32. The SMILES string of the molecule is COc1cc(C(=O)/C=C/c2cc(C3=CCC(C)(OC)C=C3)n[nH]2)cc(OC)c1OC. The van der Waals surface area contributed by atoms with Crippen LogP contribution in [0.1, 0.15) is 35.1 Å². The van der Waals surface area contributed by atoms with Crippen LogP contribution in [0.15, 0.2) is 42.5 Å². The second-order valence-corrected chi connectivity index (χ2v) is 7.03. The van der Waals surface area contributed by atoms with Crippen molar-refractivity contribution >= 4 is 17.4 Å². The van der Waals surface area contributed by atoms with Crippen molar-refractivity contribution in [3.63, 3.8) is 0 Å². The molecule has 0 bridgehead atoms. The normalized spacial score (nSPS) is 18.4. The molecule has 1 aromatic carbocycles. The fourth-order valence-corrected chi connectivity index (χ4v) is 3.11. The molecule has 0 radical (unpaired) electrons. The molecule has 7 nitrogen and oxygen atoms in total. The molecule has 7 heteroatoms. The van der Waals surface area contributed by atoms with Gasteiger partial charge in [-0.05, 0) is 49.3 Å². The molecular weight excluding hydrogens is 384 g/mol. The number of nitrogens with one attached hydrogen (secondary N) is 1. The van der Waals surface area contributed by atoms with E-state index in [0.29, 0.717) is 22.8 Å². The molecule has 0 aliphatic heterocycles. The predicted octanol–water partition coefficient (Wildman–Crippen LogP) is 4.08. The van der Waals surface area contributed by atoms with Gasteiger partial charge in [-0.25, -0.2) is 0 Å². The number of carbonyl (C=O) groups excluding carboxylic acids is 1. The largest absolute Gasteiger partial charge is 0.493 e. The van der Waals surface area contributed by atoms with Gasteiger partial charge in [0.2, 0.25) is 5.75 Å². The molecule has 158 valence electrons. The van der Waals surface area contributed by atoms with E-state index in [-0.39, 0.29) is 11.4 Å². The first kappa shape index (κ1) is 21.4. The highest BCUT2D eigenvalue weighted by Gasteiger charge is 2.22. The number of benzene rings is 1. The Labute approximate surface area is 176 Å². The lowest BCUT2D eigenvalue weighted by molar-refractivity contribution is 0.0508. The van der Waals surface area contributed by atoms with E-state index in [1.54, 1.807) is 25.3 Å². The summed E-state index contributed by atoms with van der Waals surface area (Å²) in [5, 5.41) is 7.28. The van der Waals surface area contributed by atoms with Crippen LogP contribution in [0.25, 0.3) is 11.6 Å². The van der Waals surface area contributed by atoms with E-state index in [2.05, 4.69) is 16.3 Å². The Balaban J connectivity index is 1.76. The standard InChI is InChI=1S/C23H26N2O5/c1-23(30-5)10-8-15(9-11-23)18-14-17(24-25-18)6-7-19(26)16-12-20(27-2)22(29-4)21(13-16)28-3/h6-10,12-14H,11H2,1-5H3,(H,24,25)/b7-6+. The van der Waals surface area contributed by atoms with Crippen LogP contribution < -0.4 is 14.2 Å². The Morgan fingerprint density at radius 1 is 1.10 bits per heavy atom. The third kappa shape index (κ3) is 4.46. The molecule has 0 amide bonds. The van der Waals surface area contributed by atoms with Gasteiger partial charge in [0.05, 0.1) is 38.3 Å². The highest BCUT2D eigenvalue weighted by Crippen LogP contribution is 2.38. The molecule has 3 rings (SSSR count). The number of nitrogens with zero attached hydrogens (tertiary/aromatic N) is 1. The Kier molecular flexibility index (Phi) is 6.42.